The van der Waals surface area contributed by atoms with Crippen molar-refractivity contribution in [1.29, 1.82) is 0 Å². The summed E-state index contributed by atoms with van der Waals surface area (Å²) in [6, 6.07) is 11.4. The number of halogens is 1. The molecule has 2 heterocycles. The monoisotopic (exact) mass is 406 g/mol. The highest BCUT2D eigenvalue weighted by atomic mass is 79.9. The lowest BCUT2D eigenvalue weighted by molar-refractivity contribution is 0.0950. The Labute approximate surface area is 151 Å². The molecule has 0 radical (unpaired) electrons. The second-order valence-corrected chi connectivity index (χ2v) is 7.56. The Morgan fingerprint density at radius 3 is 2.67 bits per heavy atom. The van der Waals surface area contributed by atoms with Gasteiger partial charge >= 0.3 is 0 Å². The van der Waals surface area contributed by atoms with Gasteiger partial charge in [0.2, 0.25) is 0 Å². The maximum Gasteiger partial charge on any atom is 0.257 e. The van der Waals surface area contributed by atoms with Crippen LogP contribution in [-0.4, -0.2) is 18.2 Å². The highest BCUT2D eigenvalue weighted by Crippen LogP contribution is 2.33. The number of hydrogen-bond donors (Lipinski definition) is 1. The van der Waals surface area contributed by atoms with E-state index >= 15 is 0 Å². The third-order valence-electron chi connectivity index (χ3n) is 3.51. The zero-order valence-electron chi connectivity index (χ0n) is 13.1. The van der Waals surface area contributed by atoms with Crippen LogP contribution in [0.3, 0.4) is 0 Å². The fraction of sp³-hybridized carbons (Fsp3) is 0.176. The Balaban J connectivity index is 1.76. The standard InChI is InChI=1S/C17H15BrN2O3S/c1-10-15(16(20-23-10)13-7-8-14(18)24-13)17(21)19-9-11-3-5-12(22-2)6-4-11/h3-8H,9H2,1-2H3,(H,19,21). The summed E-state index contributed by atoms with van der Waals surface area (Å²) in [7, 11) is 1.62. The molecule has 1 amide bonds. The Kier molecular flexibility index (Phi) is 5.01. The van der Waals surface area contributed by atoms with E-state index in [1.54, 1.807) is 14.0 Å². The SMILES string of the molecule is COc1ccc(CNC(=O)c2c(-c3ccc(Br)s3)noc2C)cc1. The number of rotatable bonds is 5. The fourth-order valence-corrected chi connectivity index (χ4v) is 3.64. The van der Waals surface area contributed by atoms with E-state index < -0.39 is 0 Å². The number of carbonyl (C=O) groups is 1. The van der Waals surface area contributed by atoms with Crippen LogP contribution in [-0.2, 0) is 6.54 Å². The van der Waals surface area contributed by atoms with Crippen molar-refractivity contribution in [3.63, 3.8) is 0 Å². The van der Waals surface area contributed by atoms with E-state index in [1.807, 2.05) is 36.4 Å². The van der Waals surface area contributed by atoms with Gasteiger partial charge < -0.3 is 14.6 Å². The largest absolute Gasteiger partial charge is 0.497 e. The van der Waals surface area contributed by atoms with E-state index in [0.717, 1.165) is 20.0 Å². The van der Waals surface area contributed by atoms with Gasteiger partial charge in [0, 0.05) is 6.54 Å². The summed E-state index contributed by atoms with van der Waals surface area (Å²) in [4.78, 5) is 13.5. The van der Waals surface area contributed by atoms with Crippen LogP contribution in [0.1, 0.15) is 21.7 Å². The van der Waals surface area contributed by atoms with Gasteiger partial charge in [-0.25, -0.2) is 0 Å². The van der Waals surface area contributed by atoms with Crippen molar-refractivity contribution in [3.05, 3.63) is 57.1 Å². The molecule has 3 aromatic rings. The van der Waals surface area contributed by atoms with E-state index in [0.29, 0.717) is 23.6 Å². The average molecular weight is 407 g/mol. The molecule has 0 aliphatic carbocycles. The number of thiophene rings is 1. The van der Waals surface area contributed by atoms with Crippen molar-refractivity contribution in [2.24, 2.45) is 0 Å². The molecule has 0 bridgehead atoms. The molecular weight excluding hydrogens is 392 g/mol. The maximum atomic E-state index is 12.6. The first-order valence-corrected chi connectivity index (χ1v) is 8.82. The van der Waals surface area contributed by atoms with Crippen LogP contribution >= 0.6 is 27.3 Å². The van der Waals surface area contributed by atoms with E-state index in [1.165, 1.54) is 11.3 Å². The number of aryl methyl sites for hydroxylation is 1. The minimum atomic E-state index is -0.205. The second kappa shape index (κ2) is 7.19. The highest BCUT2D eigenvalue weighted by molar-refractivity contribution is 9.11. The Morgan fingerprint density at radius 2 is 2.04 bits per heavy atom. The zero-order chi connectivity index (χ0) is 17.1. The van der Waals surface area contributed by atoms with Crippen LogP contribution in [0.15, 0.2) is 44.7 Å². The molecule has 0 saturated carbocycles. The number of methoxy groups -OCH3 is 1. The van der Waals surface area contributed by atoms with Crippen molar-refractivity contribution in [2.45, 2.75) is 13.5 Å². The molecule has 3 rings (SSSR count). The van der Waals surface area contributed by atoms with Gasteiger partial charge in [-0.05, 0) is 52.7 Å². The number of nitrogens with zero attached hydrogens (tertiary/aromatic N) is 1. The molecule has 0 saturated heterocycles. The topological polar surface area (TPSA) is 64.4 Å². The minimum absolute atomic E-state index is 0.205. The summed E-state index contributed by atoms with van der Waals surface area (Å²) in [6.07, 6.45) is 0. The molecule has 24 heavy (non-hydrogen) atoms. The van der Waals surface area contributed by atoms with Crippen molar-refractivity contribution in [2.75, 3.05) is 7.11 Å². The van der Waals surface area contributed by atoms with Crippen LogP contribution in [0.25, 0.3) is 10.6 Å². The normalized spacial score (nSPS) is 10.6. The van der Waals surface area contributed by atoms with Gasteiger partial charge in [0.25, 0.3) is 5.91 Å². The van der Waals surface area contributed by atoms with Crippen LogP contribution in [0.5, 0.6) is 5.75 Å². The molecule has 1 N–H and O–H groups in total. The summed E-state index contributed by atoms with van der Waals surface area (Å²) in [5.74, 6) is 1.08. The fourth-order valence-electron chi connectivity index (χ4n) is 2.26. The van der Waals surface area contributed by atoms with Crippen molar-refractivity contribution in [3.8, 4) is 16.3 Å². The maximum absolute atomic E-state index is 12.6. The number of hydrogen-bond acceptors (Lipinski definition) is 5. The molecule has 0 aliphatic heterocycles. The number of ether oxygens (including phenoxy) is 1. The lowest BCUT2D eigenvalue weighted by Gasteiger charge is -2.06. The lowest BCUT2D eigenvalue weighted by atomic mass is 10.1. The predicted octanol–water partition coefficient (Wildman–Crippen LogP) is 4.41. The van der Waals surface area contributed by atoms with E-state index in [-0.39, 0.29) is 5.91 Å². The third kappa shape index (κ3) is 3.52. The molecule has 7 heteroatoms. The van der Waals surface area contributed by atoms with Crippen molar-refractivity contribution in [1.82, 2.24) is 10.5 Å². The number of benzene rings is 1. The van der Waals surface area contributed by atoms with Gasteiger partial charge in [-0.2, -0.15) is 0 Å². The number of carbonyl (C=O) groups excluding carboxylic acids is 1. The highest BCUT2D eigenvalue weighted by Gasteiger charge is 2.22. The zero-order valence-corrected chi connectivity index (χ0v) is 15.5. The van der Waals surface area contributed by atoms with Gasteiger partial charge in [0.05, 0.1) is 15.8 Å². The van der Waals surface area contributed by atoms with Crippen LogP contribution in [0.2, 0.25) is 0 Å². The number of amides is 1. The summed E-state index contributed by atoms with van der Waals surface area (Å²) >= 11 is 4.92. The van der Waals surface area contributed by atoms with Gasteiger partial charge in [-0.3, -0.25) is 4.79 Å². The molecule has 0 fully saturated rings. The molecule has 0 aliphatic rings. The van der Waals surface area contributed by atoms with E-state index in [4.69, 9.17) is 9.26 Å². The van der Waals surface area contributed by atoms with E-state index in [2.05, 4.69) is 26.4 Å². The summed E-state index contributed by atoms with van der Waals surface area (Å²) in [5.41, 5.74) is 2.02. The number of aromatic nitrogens is 1. The molecule has 2 aromatic heterocycles. The quantitative estimate of drug-likeness (QED) is 0.681. The summed E-state index contributed by atoms with van der Waals surface area (Å²) in [5, 5.41) is 6.95. The van der Waals surface area contributed by atoms with Gasteiger partial charge in [0.15, 0.2) is 0 Å². The molecule has 5 nitrogen and oxygen atoms in total. The van der Waals surface area contributed by atoms with Crippen molar-refractivity contribution < 1.29 is 14.1 Å². The lowest BCUT2D eigenvalue weighted by Crippen LogP contribution is -2.23. The molecular formula is C17H15BrN2O3S. The summed E-state index contributed by atoms with van der Waals surface area (Å²) < 4.78 is 11.3. The average Bonchev–Trinajstić information content (AvgIpc) is 3.18. The Morgan fingerprint density at radius 1 is 1.29 bits per heavy atom. The number of nitrogens with one attached hydrogen (secondary N) is 1. The first-order valence-electron chi connectivity index (χ1n) is 7.21. The Hall–Kier alpha value is -2.12. The summed E-state index contributed by atoms with van der Waals surface area (Å²) in [6.45, 7) is 2.16. The van der Waals surface area contributed by atoms with Crippen LogP contribution in [0.4, 0.5) is 0 Å². The molecule has 124 valence electrons. The molecule has 0 atom stereocenters. The molecule has 1 aromatic carbocycles. The first kappa shape index (κ1) is 16.7. The van der Waals surface area contributed by atoms with Crippen molar-refractivity contribution >= 4 is 33.2 Å². The predicted molar refractivity (Wildman–Crippen MR) is 96.4 cm³/mol. The van der Waals surface area contributed by atoms with Gasteiger partial charge in [0.1, 0.15) is 22.8 Å². The van der Waals surface area contributed by atoms with Gasteiger partial charge in [-0.1, -0.05) is 17.3 Å². The van der Waals surface area contributed by atoms with E-state index in [9.17, 15) is 4.79 Å². The molecule has 0 unspecified atom stereocenters. The smallest absolute Gasteiger partial charge is 0.257 e. The first-order chi connectivity index (χ1) is 11.6. The Bertz CT molecular complexity index is 855. The third-order valence-corrected chi connectivity index (χ3v) is 5.14. The molecule has 0 spiro atoms. The van der Waals surface area contributed by atoms with Crippen LogP contribution in [0, 0.1) is 6.92 Å². The van der Waals surface area contributed by atoms with Gasteiger partial charge in [-0.15, -0.1) is 11.3 Å². The second-order valence-electron chi connectivity index (χ2n) is 5.10. The minimum Gasteiger partial charge on any atom is -0.497 e. The van der Waals surface area contributed by atoms with Crippen LogP contribution < -0.4 is 10.1 Å².